The molecule has 2 aliphatic rings. The van der Waals surface area contributed by atoms with Crippen molar-refractivity contribution in [3.8, 4) is 0 Å². The fraction of sp³-hybridized carbons (Fsp3) is 0.667. The monoisotopic (exact) mass is 273 g/mol. The standard InChI is InChI=1S/C18H27NO/c1-17(2,3)19-12-18(9-10-20-13-18)16-11-15(16)14-7-5-4-6-8-14/h4-8,15-16,19H,9-13H2,1-3H3. The highest BCUT2D eigenvalue weighted by molar-refractivity contribution is 5.27. The SMILES string of the molecule is CC(C)(C)NCC1(C2CC2c2ccccc2)CCOC1. The molecule has 1 saturated carbocycles. The Hall–Kier alpha value is -0.860. The van der Waals surface area contributed by atoms with Gasteiger partial charge in [-0.15, -0.1) is 0 Å². The lowest BCUT2D eigenvalue weighted by atomic mass is 9.79. The number of nitrogens with one attached hydrogen (secondary N) is 1. The van der Waals surface area contributed by atoms with Crippen LogP contribution in [0.5, 0.6) is 0 Å². The zero-order valence-electron chi connectivity index (χ0n) is 13.0. The van der Waals surface area contributed by atoms with Crippen LogP contribution in [0.25, 0.3) is 0 Å². The molecule has 1 heterocycles. The van der Waals surface area contributed by atoms with Crippen LogP contribution in [0.1, 0.15) is 45.1 Å². The van der Waals surface area contributed by atoms with Crippen LogP contribution >= 0.6 is 0 Å². The van der Waals surface area contributed by atoms with E-state index in [4.69, 9.17) is 4.74 Å². The van der Waals surface area contributed by atoms with Crippen molar-refractivity contribution in [1.82, 2.24) is 5.32 Å². The first-order valence-corrected chi connectivity index (χ1v) is 7.88. The molecule has 1 saturated heterocycles. The predicted molar refractivity (Wildman–Crippen MR) is 82.9 cm³/mol. The van der Waals surface area contributed by atoms with Crippen molar-refractivity contribution >= 4 is 0 Å². The summed E-state index contributed by atoms with van der Waals surface area (Å²) in [5.41, 5.74) is 2.06. The molecule has 1 aliphatic carbocycles. The van der Waals surface area contributed by atoms with Gasteiger partial charge in [-0.1, -0.05) is 30.3 Å². The Morgan fingerprint density at radius 3 is 2.60 bits per heavy atom. The Labute approximate surface area is 122 Å². The van der Waals surface area contributed by atoms with Crippen molar-refractivity contribution in [1.29, 1.82) is 0 Å². The van der Waals surface area contributed by atoms with Gasteiger partial charge in [0.15, 0.2) is 0 Å². The maximum absolute atomic E-state index is 5.77. The van der Waals surface area contributed by atoms with Crippen LogP contribution in [0, 0.1) is 11.3 Å². The molecular formula is C18H27NO. The summed E-state index contributed by atoms with van der Waals surface area (Å²) in [4.78, 5) is 0. The van der Waals surface area contributed by atoms with Crippen LogP contribution < -0.4 is 5.32 Å². The van der Waals surface area contributed by atoms with Crippen molar-refractivity contribution in [3.63, 3.8) is 0 Å². The van der Waals surface area contributed by atoms with E-state index < -0.39 is 0 Å². The minimum atomic E-state index is 0.187. The van der Waals surface area contributed by atoms with Crippen LogP contribution in [-0.2, 0) is 4.74 Å². The van der Waals surface area contributed by atoms with Gasteiger partial charge in [0.25, 0.3) is 0 Å². The van der Waals surface area contributed by atoms with Crippen LogP contribution in [0.3, 0.4) is 0 Å². The molecule has 0 spiro atoms. The van der Waals surface area contributed by atoms with Gasteiger partial charge in [-0.3, -0.25) is 0 Å². The number of ether oxygens (including phenoxy) is 1. The zero-order valence-corrected chi connectivity index (χ0v) is 13.0. The number of hydrogen-bond acceptors (Lipinski definition) is 2. The Balaban J connectivity index is 1.70. The highest BCUT2D eigenvalue weighted by Crippen LogP contribution is 2.59. The number of hydrogen-bond donors (Lipinski definition) is 1. The number of benzene rings is 1. The van der Waals surface area contributed by atoms with E-state index in [1.165, 1.54) is 18.4 Å². The van der Waals surface area contributed by atoms with Gasteiger partial charge in [-0.2, -0.15) is 0 Å². The zero-order chi connectivity index (χ0) is 14.2. The second kappa shape index (κ2) is 5.16. The second-order valence-electron chi connectivity index (χ2n) is 7.63. The minimum Gasteiger partial charge on any atom is -0.381 e. The van der Waals surface area contributed by atoms with Crippen LogP contribution in [0.2, 0.25) is 0 Å². The molecule has 0 bridgehead atoms. The second-order valence-corrected chi connectivity index (χ2v) is 7.63. The summed E-state index contributed by atoms with van der Waals surface area (Å²) in [6.45, 7) is 9.70. The van der Waals surface area contributed by atoms with Crippen molar-refractivity contribution in [2.24, 2.45) is 11.3 Å². The third-order valence-corrected chi connectivity index (χ3v) is 4.91. The first-order valence-electron chi connectivity index (χ1n) is 7.88. The molecule has 1 N–H and O–H groups in total. The van der Waals surface area contributed by atoms with E-state index in [-0.39, 0.29) is 5.54 Å². The van der Waals surface area contributed by atoms with Gasteiger partial charge in [0.05, 0.1) is 6.61 Å². The molecule has 0 radical (unpaired) electrons. The third kappa shape index (κ3) is 2.91. The van der Waals surface area contributed by atoms with Gasteiger partial charge in [-0.05, 0) is 51.0 Å². The Morgan fingerprint density at radius 1 is 1.25 bits per heavy atom. The van der Waals surface area contributed by atoms with Crippen molar-refractivity contribution in [3.05, 3.63) is 35.9 Å². The van der Waals surface area contributed by atoms with Crippen molar-refractivity contribution in [2.75, 3.05) is 19.8 Å². The molecule has 0 amide bonds. The molecule has 3 rings (SSSR count). The smallest absolute Gasteiger partial charge is 0.0538 e. The molecule has 0 aromatic heterocycles. The molecule has 2 heteroatoms. The van der Waals surface area contributed by atoms with E-state index in [0.717, 1.165) is 31.6 Å². The summed E-state index contributed by atoms with van der Waals surface area (Å²) >= 11 is 0. The predicted octanol–water partition coefficient (Wildman–Crippen LogP) is 3.58. The average Bonchev–Trinajstić information content (AvgIpc) is 3.09. The van der Waals surface area contributed by atoms with E-state index >= 15 is 0 Å². The van der Waals surface area contributed by atoms with E-state index in [1.807, 2.05) is 0 Å². The lowest BCUT2D eigenvalue weighted by Gasteiger charge is -2.33. The van der Waals surface area contributed by atoms with Gasteiger partial charge >= 0.3 is 0 Å². The minimum absolute atomic E-state index is 0.187. The van der Waals surface area contributed by atoms with E-state index in [9.17, 15) is 0 Å². The summed E-state index contributed by atoms with van der Waals surface area (Å²) in [6.07, 6.45) is 2.54. The lowest BCUT2D eigenvalue weighted by Crippen LogP contribution is -2.45. The molecule has 1 aromatic carbocycles. The normalized spacial score (nSPS) is 33.4. The molecule has 110 valence electrons. The quantitative estimate of drug-likeness (QED) is 0.905. The van der Waals surface area contributed by atoms with Crippen LogP contribution in [0.15, 0.2) is 30.3 Å². The fourth-order valence-corrected chi connectivity index (χ4v) is 3.57. The molecule has 1 aliphatic heterocycles. The summed E-state index contributed by atoms with van der Waals surface area (Å²) in [7, 11) is 0. The molecule has 3 atom stereocenters. The van der Waals surface area contributed by atoms with Gasteiger partial charge in [0.1, 0.15) is 0 Å². The lowest BCUT2D eigenvalue weighted by molar-refractivity contribution is 0.128. The molecule has 1 aromatic rings. The van der Waals surface area contributed by atoms with Gasteiger partial charge in [-0.25, -0.2) is 0 Å². The Morgan fingerprint density at radius 2 is 2.00 bits per heavy atom. The van der Waals surface area contributed by atoms with E-state index in [2.05, 4.69) is 56.4 Å². The first-order chi connectivity index (χ1) is 9.50. The highest BCUT2D eigenvalue weighted by Gasteiger charge is 2.54. The van der Waals surface area contributed by atoms with Crippen LogP contribution in [0.4, 0.5) is 0 Å². The molecular weight excluding hydrogens is 246 g/mol. The van der Waals surface area contributed by atoms with Crippen LogP contribution in [-0.4, -0.2) is 25.3 Å². The molecule has 20 heavy (non-hydrogen) atoms. The molecule has 3 unspecified atom stereocenters. The van der Waals surface area contributed by atoms with E-state index in [0.29, 0.717) is 5.41 Å². The maximum atomic E-state index is 5.77. The van der Waals surface area contributed by atoms with E-state index in [1.54, 1.807) is 0 Å². The topological polar surface area (TPSA) is 21.3 Å². The fourth-order valence-electron chi connectivity index (χ4n) is 3.57. The molecule has 2 nitrogen and oxygen atoms in total. The Bertz CT molecular complexity index is 442. The Kier molecular flexibility index (Phi) is 3.64. The van der Waals surface area contributed by atoms with Crippen molar-refractivity contribution < 1.29 is 4.74 Å². The van der Waals surface area contributed by atoms with Gasteiger partial charge in [0.2, 0.25) is 0 Å². The third-order valence-electron chi connectivity index (χ3n) is 4.91. The summed E-state index contributed by atoms with van der Waals surface area (Å²) in [5, 5.41) is 3.72. The van der Waals surface area contributed by atoms with Crippen molar-refractivity contribution in [2.45, 2.75) is 45.1 Å². The summed E-state index contributed by atoms with van der Waals surface area (Å²) in [6, 6.07) is 11.0. The molecule has 2 fully saturated rings. The average molecular weight is 273 g/mol. The largest absolute Gasteiger partial charge is 0.381 e. The maximum Gasteiger partial charge on any atom is 0.0538 e. The highest BCUT2D eigenvalue weighted by atomic mass is 16.5. The van der Waals surface area contributed by atoms with Gasteiger partial charge in [0, 0.05) is 24.1 Å². The van der Waals surface area contributed by atoms with Gasteiger partial charge < -0.3 is 10.1 Å². The number of rotatable bonds is 4. The summed E-state index contributed by atoms with van der Waals surface area (Å²) in [5.74, 6) is 1.54. The first kappa shape index (κ1) is 14.1. The summed E-state index contributed by atoms with van der Waals surface area (Å²) < 4.78 is 5.77.